The number of ether oxygens (including phenoxy) is 1. The molecule has 1 atom stereocenters. The van der Waals surface area contributed by atoms with Crippen LogP contribution in [0.5, 0.6) is 0 Å². The number of thioether (sulfide) groups is 1. The number of carbonyl (C=O) groups excluding carboxylic acids is 1. The Balaban J connectivity index is 4.11. The average Bonchev–Trinajstić information content (AvgIpc) is 2.19. The van der Waals surface area contributed by atoms with Crippen molar-refractivity contribution in [3.05, 3.63) is 0 Å². The molecule has 0 aromatic rings. The first-order valence-electron chi connectivity index (χ1n) is 5.67. The number of carboxylic acids is 1. The number of aliphatic hydroxyl groups excluding tert-OH is 1. The normalized spacial score (nSPS) is 12.9. The van der Waals surface area contributed by atoms with Crippen molar-refractivity contribution in [3.63, 3.8) is 0 Å². The summed E-state index contributed by atoms with van der Waals surface area (Å²) >= 11 is 1.36. The van der Waals surface area contributed by atoms with E-state index in [1.54, 1.807) is 20.8 Å². The largest absolute Gasteiger partial charge is 0.480 e. The van der Waals surface area contributed by atoms with Crippen LogP contribution in [-0.4, -0.2) is 52.0 Å². The van der Waals surface area contributed by atoms with Crippen LogP contribution in [0.4, 0.5) is 4.79 Å². The number of aliphatic hydroxyl groups is 1. The summed E-state index contributed by atoms with van der Waals surface area (Å²) in [5.41, 5.74) is -0.656. The number of aliphatic carboxylic acids is 1. The molecule has 7 heteroatoms. The second-order valence-corrected chi connectivity index (χ2v) is 5.84. The summed E-state index contributed by atoms with van der Waals surface area (Å²) < 4.78 is 4.98. The summed E-state index contributed by atoms with van der Waals surface area (Å²) in [4.78, 5) is 22.3. The quantitative estimate of drug-likeness (QED) is 0.604. The van der Waals surface area contributed by atoms with Crippen molar-refractivity contribution < 1.29 is 24.5 Å². The molecule has 0 bridgehead atoms. The number of carboxylic acid groups (broad SMARTS) is 1. The Bertz CT molecular complexity index is 277. The number of hydrogen-bond acceptors (Lipinski definition) is 5. The topological polar surface area (TPSA) is 95.9 Å². The fraction of sp³-hybridized carbons (Fsp3) is 0.818. The highest BCUT2D eigenvalue weighted by Gasteiger charge is 2.23. The third-order valence-electron chi connectivity index (χ3n) is 1.72. The molecular formula is C11H21NO5S. The van der Waals surface area contributed by atoms with E-state index < -0.39 is 23.7 Å². The Morgan fingerprint density at radius 3 is 2.44 bits per heavy atom. The van der Waals surface area contributed by atoms with E-state index in [2.05, 4.69) is 5.32 Å². The monoisotopic (exact) mass is 279 g/mol. The predicted octanol–water partition coefficient (Wildman–Crippen LogP) is 1.08. The standard InChI is InChI=1S/C11H21NO5S/c1-11(2,3)17-10(16)12-8(9(14)15)7-18-6-4-5-13/h8,13H,4-7H2,1-3H3,(H,12,16)(H,14,15)/t8-/m0/s1. The SMILES string of the molecule is CC(C)(C)OC(=O)N[C@@H](CSCCCO)C(=O)O. The molecule has 0 fully saturated rings. The summed E-state index contributed by atoms with van der Waals surface area (Å²) in [7, 11) is 0. The van der Waals surface area contributed by atoms with Crippen LogP contribution in [0.25, 0.3) is 0 Å². The van der Waals surface area contributed by atoms with Crippen LogP contribution in [0.1, 0.15) is 27.2 Å². The van der Waals surface area contributed by atoms with Gasteiger partial charge in [0.25, 0.3) is 0 Å². The maximum absolute atomic E-state index is 11.4. The molecule has 6 nitrogen and oxygen atoms in total. The van der Waals surface area contributed by atoms with Crippen LogP contribution >= 0.6 is 11.8 Å². The van der Waals surface area contributed by atoms with E-state index in [0.29, 0.717) is 12.2 Å². The molecule has 18 heavy (non-hydrogen) atoms. The van der Waals surface area contributed by atoms with E-state index in [-0.39, 0.29) is 12.4 Å². The van der Waals surface area contributed by atoms with Crippen LogP contribution < -0.4 is 5.32 Å². The number of amides is 1. The zero-order valence-electron chi connectivity index (χ0n) is 10.9. The van der Waals surface area contributed by atoms with Gasteiger partial charge in [-0.2, -0.15) is 11.8 Å². The Morgan fingerprint density at radius 1 is 1.39 bits per heavy atom. The highest BCUT2D eigenvalue weighted by molar-refractivity contribution is 7.99. The Labute approximate surface area is 111 Å². The fourth-order valence-electron chi connectivity index (χ4n) is 0.992. The summed E-state index contributed by atoms with van der Waals surface area (Å²) in [6, 6.07) is -0.983. The first kappa shape index (κ1) is 17.1. The summed E-state index contributed by atoms with van der Waals surface area (Å²) in [6.45, 7) is 5.19. The van der Waals surface area contributed by atoms with E-state index in [9.17, 15) is 9.59 Å². The van der Waals surface area contributed by atoms with Gasteiger partial charge in [0, 0.05) is 12.4 Å². The van der Waals surface area contributed by atoms with E-state index in [1.807, 2.05) is 0 Å². The van der Waals surface area contributed by atoms with Crippen molar-refractivity contribution >= 4 is 23.8 Å². The highest BCUT2D eigenvalue weighted by atomic mass is 32.2. The Hall–Kier alpha value is -0.950. The second-order valence-electron chi connectivity index (χ2n) is 4.69. The molecule has 3 N–H and O–H groups in total. The number of alkyl carbamates (subject to hydrolysis) is 1. The average molecular weight is 279 g/mol. The molecule has 0 aliphatic heterocycles. The number of carbonyl (C=O) groups is 2. The minimum atomic E-state index is -1.10. The molecule has 1 amide bonds. The van der Waals surface area contributed by atoms with Crippen LogP contribution in [0.3, 0.4) is 0 Å². The third-order valence-corrected chi connectivity index (χ3v) is 2.87. The Kier molecular flexibility index (Phi) is 7.77. The predicted molar refractivity (Wildman–Crippen MR) is 69.8 cm³/mol. The van der Waals surface area contributed by atoms with Crippen molar-refractivity contribution in [1.29, 1.82) is 0 Å². The maximum atomic E-state index is 11.4. The van der Waals surface area contributed by atoms with Gasteiger partial charge in [-0.05, 0) is 32.9 Å². The van der Waals surface area contributed by atoms with E-state index in [1.165, 1.54) is 11.8 Å². The molecule has 0 aromatic heterocycles. The number of rotatable bonds is 7. The molecule has 0 unspecified atom stereocenters. The first-order valence-corrected chi connectivity index (χ1v) is 6.82. The lowest BCUT2D eigenvalue weighted by Crippen LogP contribution is -2.45. The molecule has 106 valence electrons. The van der Waals surface area contributed by atoms with Crippen molar-refractivity contribution in [2.24, 2.45) is 0 Å². The van der Waals surface area contributed by atoms with Gasteiger partial charge in [-0.3, -0.25) is 0 Å². The minimum absolute atomic E-state index is 0.0736. The minimum Gasteiger partial charge on any atom is -0.480 e. The lowest BCUT2D eigenvalue weighted by Gasteiger charge is -2.21. The fourth-order valence-corrected chi connectivity index (χ4v) is 1.95. The maximum Gasteiger partial charge on any atom is 0.408 e. The summed E-state index contributed by atoms with van der Waals surface area (Å²) in [5.74, 6) is -0.206. The van der Waals surface area contributed by atoms with Crippen LogP contribution in [0.15, 0.2) is 0 Å². The molecule has 0 radical (unpaired) electrons. The van der Waals surface area contributed by atoms with Gasteiger partial charge in [0.15, 0.2) is 0 Å². The zero-order valence-corrected chi connectivity index (χ0v) is 11.7. The van der Waals surface area contributed by atoms with Crippen molar-refractivity contribution in [2.45, 2.75) is 38.8 Å². The van der Waals surface area contributed by atoms with E-state index >= 15 is 0 Å². The van der Waals surface area contributed by atoms with Gasteiger partial charge in [0.1, 0.15) is 11.6 Å². The third kappa shape index (κ3) is 9.12. The van der Waals surface area contributed by atoms with Gasteiger partial charge in [0.05, 0.1) is 0 Å². The first-order chi connectivity index (χ1) is 8.26. The van der Waals surface area contributed by atoms with Crippen molar-refractivity contribution in [2.75, 3.05) is 18.1 Å². The highest BCUT2D eigenvalue weighted by Crippen LogP contribution is 2.09. The molecule has 0 aliphatic carbocycles. The number of nitrogens with one attached hydrogen (secondary N) is 1. The zero-order chi connectivity index (χ0) is 14.2. The van der Waals surface area contributed by atoms with E-state index in [4.69, 9.17) is 14.9 Å². The van der Waals surface area contributed by atoms with Gasteiger partial charge >= 0.3 is 12.1 Å². The van der Waals surface area contributed by atoms with Gasteiger partial charge in [-0.15, -0.1) is 0 Å². The molecule has 0 aromatic carbocycles. The lowest BCUT2D eigenvalue weighted by molar-refractivity contribution is -0.138. The second kappa shape index (κ2) is 8.20. The lowest BCUT2D eigenvalue weighted by atomic mass is 10.2. The van der Waals surface area contributed by atoms with Crippen molar-refractivity contribution in [3.8, 4) is 0 Å². The van der Waals surface area contributed by atoms with Gasteiger partial charge in [-0.25, -0.2) is 9.59 Å². The molecule has 0 spiro atoms. The summed E-state index contributed by atoms with van der Waals surface area (Å²) in [6.07, 6.45) is -0.138. The van der Waals surface area contributed by atoms with Gasteiger partial charge in [-0.1, -0.05) is 0 Å². The molecular weight excluding hydrogens is 258 g/mol. The molecule has 0 rings (SSSR count). The van der Waals surface area contributed by atoms with Gasteiger partial charge < -0.3 is 20.3 Å². The van der Waals surface area contributed by atoms with Gasteiger partial charge in [0.2, 0.25) is 0 Å². The molecule has 0 heterocycles. The van der Waals surface area contributed by atoms with Crippen LogP contribution in [0, 0.1) is 0 Å². The summed E-state index contributed by atoms with van der Waals surface area (Å²) in [5, 5.41) is 19.8. The number of hydrogen-bond donors (Lipinski definition) is 3. The van der Waals surface area contributed by atoms with Crippen LogP contribution in [-0.2, 0) is 9.53 Å². The molecule has 0 aliphatic rings. The molecule has 0 saturated heterocycles. The van der Waals surface area contributed by atoms with E-state index in [0.717, 1.165) is 0 Å². The molecule has 0 saturated carbocycles. The van der Waals surface area contributed by atoms with Crippen LogP contribution in [0.2, 0.25) is 0 Å². The smallest absolute Gasteiger partial charge is 0.408 e. The van der Waals surface area contributed by atoms with Crippen molar-refractivity contribution in [1.82, 2.24) is 5.32 Å². The Morgan fingerprint density at radius 2 is 2.00 bits per heavy atom.